The van der Waals surface area contributed by atoms with Crippen molar-refractivity contribution in [3.05, 3.63) is 95.1 Å². The van der Waals surface area contributed by atoms with Crippen molar-refractivity contribution in [3.63, 3.8) is 0 Å². The number of fused-ring (bicyclic) bond motifs is 1. The van der Waals surface area contributed by atoms with Crippen LogP contribution >= 0.6 is 0 Å². The van der Waals surface area contributed by atoms with Gasteiger partial charge in [-0.05, 0) is 54.2 Å². The van der Waals surface area contributed by atoms with Crippen LogP contribution in [0.4, 0.5) is 0 Å². The van der Waals surface area contributed by atoms with Gasteiger partial charge in [-0.2, -0.15) is 0 Å². The molecular weight excluding hydrogens is 334 g/mol. The van der Waals surface area contributed by atoms with E-state index in [0.717, 1.165) is 12.8 Å². The van der Waals surface area contributed by atoms with Crippen LogP contribution < -0.4 is 0 Å². The number of carbonyl (C=O) groups is 2. The van der Waals surface area contributed by atoms with Crippen LogP contribution in [-0.4, -0.2) is 23.3 Å². The van der Waals surface area contributed by atoms with Crippen molar-refractivity contribution < 1.29 is 9.59 Å². The van der Waals surface area contributed by atoms with Crippen LogP contribution in [0.2, 0.25) is 0 Å². The Balaban J connectivity index is 1.44. The topological polar surface area (TPSA) is 37.4 Å². The van der Waals surface area contributed by atoms with Crippen LogP contribution in [0.1, 0.15) is 38.3 Å². The molecule has 4 rings (SSSR count). The van der Waals surface area contributed by atoms with Gasteiger partial charge in [0.05, 0.1) is 11.1 Å². The van der Waals surface area contributed by atoms with E-state index in [0.29, 0.717) is 17.7 Å². The molecule has 0 bridgehead atoms. The molecule has 0 atom stereocenters. The largest absolute Gasteiger partial charge is 0.274 e. The maximum absolute atomic E-state index is 12.4. The van der Waals surface area contributed by atoms with E-state index in [1.807, 2.05) is 6.07 Å². The summed E-state index contributed by atoms with van der Waals surface area (Å²) in [5.41, 5.74) is 5.94. The second-order valence-electron chi connectivity index (χ2n) is 6.93. The molecule has 3 nitrogen and oxygen atoms in total. The summed E-state index contributed by atoms with van der Waals surface area (Å²) in [6, 6.07) is 23.9. The molecule has 0 unspecified atom stereocenters. The zero-order valence-electron chi connectivity index (χ0n) is 15.3. The highest BCUT2D eigenvalue weighted by Gasteiger charge is 2.34. The van der Waals surface area contributed by atoms with Gasteiger partial charge in [-0.15, -0.1) is 0 Å². The first kappa shape index (κ1) is 17.2. The summed E-state index contributed by atoms with van der Waals surface area (Å²) in [5, 5.41) is 0. The Morgan fingerprint density at radius 3 is 2.04 bits per heavy atom. The molecule has 3 aromatic carbocycles. The summed E-state index contributed by atoms with van der Waals surface area (Å²) in [7, 11) is 0. The van der Waals surface area contributed by atoms with Crippen molar-refractivity contribution in [2.75, 3.05) is 6.54 Å². The average molecular weight is 355 g/mol. The molecule has 1 heterocycles. The van der Waals surface area contributed by atoms with Crippen molar-refractivity contribution in [2.24, 2.45) is 0 Å². The van der Waals surface area contributed by atoms with Crippen LogP contribution in [0.25, 0.3) is 11.1 Å². The molecule has 134 valence electrons. The van der Waals surface area contributed by atoms with Crippen LogP contribution in [-0.2, 0) is 6.42 Å². The van der Waals surface area contributed by atoms with Crippen LogP contribution in [0.15, 0.2) is 72.8 Å². The minimum absolute atomic E-state index is 0.177. The zero-order valence-corrected chi connectivity index (χ0v) is 15.3. The van der Waals surface area contributed by atoms with E-state index in [4.69, 9.17) is 0 Å². The fraction of sp³-hybridized carbons (Fsp3) is 0.167. The monoisotopic (exact) mass is 355 g/mol. The first-order valence-electron chi connectivity index (χ1n) is 9.25. The summed E-state index contributed by atoms with van der Waals surface area (Å²) in [5.74, 6) is -0.353. The standard InChI is InChI=1S/C24H21NO2/c1-17-8-2-3-12-20(17)19-11-6-9-18(16-19)10-7-15-25-23(26)21-13-4-5-14-22(21)24(25)27/h2-6,8-9,11-14,16H,7,10,15H2,1H3. The number of imide groups is 1. The van der Waals surface area contributed by atoms with E-state index in [1.165, 1.54) is 27.2 Å². The number of benzene rings is 3. The third-order valence-corrected chi connectivity index (χ3v) is 5.11. The van der Waals surface area contributed by atoms with Gasteiger partial charge in [0.25, 0.3) is 11.8 Å². The van der Waals surface area contributed by atoms with E-state index in [9.17, 15) is 9.59 Å². The summed E-state index contributed by atoms with van der Waals surface area (Å²) in [6.07, 6.45) is 1.58. The summed E-state index contributed by atoms with van der Waals surface area (Å²) < 4.78 is 0. The highest BCUT2D eigenvalue weighted by molar-refractivity contribution is 6.21. The average Bonchev–Trinajstić information content (AvgIpc) is 2.94. The van der Waals surface area contributed by atoms with Crippen molar-refractivity contribution in [3.8, 4) is 11.1 Å². The normalized spacial score (nSPS) is 13.1. The first-order chi connectivity index (χ1) is 13.1. The SMILES string of the molecule is Cc1ccccc1-c1cccc(CCCN2C(=O)c3ccccc3C2=O)c1. The third-order valence-electron chi connectivity index (χ3n) is 5.11. The molecule has 3 aromatic rings. The second-order valence-corrected chi connectivity index (χ2v) is 6.93. The lowest BCUT2D eigenvalue weighted by Gasteiger charge is -2.14. The quantitative estimate of drug-likeness (QED) is 0.611. The zero-order chi connectivity index (χ0) is 18.8. The molecular formula is C24H21NO2. The van der Waals surface area contributed by atoms with Gasteiger partial charge in [-0.25, -0.2) is 0 Å². The van der Waals surface area contributed by atoms with Gasteiger partial charge in [-0.1, -0.05) is 60.7 Å². The van der Waals surface area contributed by atoms with Gasteiger partial charge in [0, 0.05) is 6.54 Å². The van der Waals surface area contributed by atoms with Crippen molar-refractivity contribution >= 4 is 11.8 Å². The van der Waals surface area contributed by atoms with Gasteiger partial charge < -0.3 is 0 Å². The number of amides is 2. The number of hydrogen-bond acceptors (Lipinski definition) is 2. The predicted octanol–water partition coefficient (Wildman–Crippen LogP) is 4.89. The number of rotatable bonds is 5. The third kappa shape index (κ3) is 3.28. The number of carbonyl (C=O) groups excluding carboxylic acids is 2. The Morgan fingerprint density at radius 2 is 1.37 bits per heavy atom. The van der Waals surface area contributed by atoms with E-state index >= 15 is 0 Å². The van der Waals surface area contributed by atoms with Gasteiger partial charge in [0.2, 0.25) is 0 Å². The molecule has 0 spiro atoms. The minimum Gasteiger partial charge on any atom is -0.274 e. The molecule has 1 aliphatic heterocycles. The maximum Gasteiger partial charge on any atom is 0.261 e. The van der Waals surface area contributed by atoms with Crippen LogP contribution in [0.5, 0.6) is 0 Å². The Labute approximate surface area is 159 Å². The lowest BCUT2D eigenvalue weighted by Crippen LogP contribution is -2.30. The second kappa shape index (κ2) is 7.20. The molecule has 27 heavy (non-hydrogen) atoms. The van der Waals surface area contributed by atoms with Gasteiger partial charge in [0.1, 0.15) is 0 Å². The lowest BCUT2D eigenvalue weighted by atomic mass is 9.97. The van der Waals surface area contributed by atoms with Crippen molar-refractivity contribution in [2.45, 2.75) is 19.8 Å². The molecule has 0 saturated heterocycles. The number of hydrogen-bond donors (Lipinski definition) is 0. The molecule has 0 saturated carbocycles. The van der Waals surface area contributed by atoms with Crippen LogP contribution in [0.3, 0.4) is 0 Å². The van der Waals surface area contributed by atoms with Crippen molar-refractivity contribution in [1.82, 2.24) is 4.90 Å². The van der Waals surface area contributed by atoms with E-state index < -0.39 is 0 Å². The summed E-state index contributed by atoms with van der Waals surface area (Å²) in [6.45, 7) is 2.56. The Morgan fingerprint density at radius 1 is 0.741 bits per heavy atom. The Hall–Kier alpha value is -3.20. The molecule has 0 aromatic heterocycles. The van der Waals surface area contributed by atoms with Gasteiger partial charge >= 0.3 is 0 Å². The molecule has 0 fully saturated rings. The molecule has 1 aliphatic rings. The molecule has 3 heteroatoms. The van der Waals surface area contributed by atoms with Gasteiger partial charge in [0.15, 0.2) is 0 Å². The van der Waals surface area contributed by atoms with Crippen molar-refractivity contribution in [1.29, 1.82) is 0 Å². The molecule has 0 N–H and O–H groups in total. The predicted molar refractivity (Wildman–Crippen MR) is 107 cm³/mol. The smallest absolute Gasteiger partial charge is 0.261 e. The summed E-state index contributed by atoms with van der Waals surface area (Å²) in [4.78, 5) is 26.2. The molecule has 2 amide bonds. The first-order valence-corrected chi connectivity index (χ1v) is 9.25. The molecule has 0 aliphatic carbocycles. The highest BCUT2D eigenvalue weighted by Crippen LogP contribution is 2.25. The fourth-order valence-corrected chi connectivity index (χ4v) is 3.67. The lowest BCUT2D eigenvalue weighted by molar-refractivity contribution is 0.0652. The maximum atomic E-state index is 12.4. The van der Waals surface area contributed by atoms with Gasteiger partial charge in [-0.3, -0.25) is 14.5 Å². The minimum atomic E-state index is -0.177. The Bertz CT molecular complexity index is 987. The van der Waals surface area contributed by atoms with Crippen LogP contribution in [0, 0.1) is 6.92 Å². The van der Waals surface area contributed by atoms with E-state index in [-0.39, 0.29) is 11.8 Å². The fourth-order valence-electron chi connectivity index (χ4n) is 3.67. The highest BCUT2D eigenvalue weighted by atomic mass is 16.2. The van der Waals surface area contributed by atoms with E-state index in [1.54, 1.807) is 24.3 Å². The number of nitrogens with zero attached hydrogens (tertiary/aromatic N) is 1. The Kier molecular flexibility index (Phi) is 4.59. The number of aryl methyl sites for hydroxylation is 2. The summed E-state index contributed by atoms with van der Waals surface area (Å²) >= 11 is 0. The molecule has 0 radical (unpaired) electrons. The van der Waals surface area contributed by atoms with E-state index in [2.05, 4.69) is 49.4 Å².